The van der Waals surface area contributed by atoms with Crippen LogP contribution in [0.2, 0.25) is 0 Å². The summed E-state index contributed by atoms with van der Waals surface area (Å²) in [4.78, 5) is 14.1. The highest BCUT2D eigenvalue weighted by molar-refractivity contribution is 7.86. The molecule has 1 saturated heterocycles. The molecule has 0 atom stereocenters. The van der Waals surface area contributed by atoms with Crippen LogP contribution in [0.25, 0.3) is 0 Å². The zero-order valence-electron chi connectivity index (χ0n) is 21.7. The predicted molar refractivity (Wildman–Crippen MR) is 144 cm³/mol. The van der Waals surface area contributed by atoms with Crippen LogP contribution in [0.5, 0.6) is 0 Å². The number of piperazine rings is 1. The topological polar surface area (TPSA) is 90.5 Å². The molecule has 2 aromatic carbocycles. The van der Waals surface area contributed by atoms with E-state index in [1.807, 2.05) is 19.1 Å². The quantitative estimate of drug-likeness (QED) is 0.446. The molecule has 0 bridgehead atoms. The van der Waals surface area contributed by atoms with Gasteiger partial charge >= 0.3 is 10.0 Å². The molecule has 2 heterocycles. The van der Waals surface area contributed by atoms with Gasteiger partial charge in [-0.3, -0.25) is 4.90 Å². The van der Waals surface area contributed by atoms with Gasteiger partial charge in [0.1, 0.15) is 10.7 Å². The van der Waals surface area contributed by atoms with Gasteiger partial charge in [-0.1, -0.05) is 24.3 Å². The van der Waals surface area contributed by atoms with E-state index in [9.17, 15) is 8.42 Å². The fourth-order valence-corrected chi connectivity index (χ4v) is 5.17. The SMILES string of the molecule is Cc1cnc(Nc2ccc(CN3CCN(C)CC3)cc2)nc1Nc1ccccc1S(=O)(=O)[N+](C)(C)C. The molecule has 10 heteroatoms. The second kappa shape index (κ2) is 10.5. The van der Waals surface area contributed by atoms with Gasteiger partial charge in [0.05, 0.1) is 26.8 Å². The van der Waals surface area contributed by atoms with Gasteiger partial charge in [0.25, 0.3) is 0 Å². The van der Waals surface area contributed by atoms with Gasteiger partial charge in [0, 0.05) is 50.2 Å². The van der Waals surface area contributed by atoms with Crippen LogP contribution in [-0.4, -0.2) is 86.4 Å². The monoisotopic (exact) mass is 510 g/mol. The number of para-hydroxylation sites is 1. The van der Waals surface area contributed by atoms with Crippen LogP contribution < -0.4 is 10.6 Å². The van der Waals surface area contributed by atoms with E-state index in [1.54, 1.807) is 51.6 Å². The van der Waals surface area contributed by atoms with E-state index in [2.05, 4.69) is 49.6 Å². The third-order valence-corrected chi connectivity index (χ3v) is 8.68. The molecule has 1 aliphatic rings. The fraction of sp³-hybridized carbons (Fsp3) is 0.385. The lowest BCUT2D eigenvalue weighted by molar-refractivity contribution is -0.738. The van der Waals surface area contributed by atoms with Gasteiger partial charge in [-0.25, -0.2) is 8.87 Å². The number of hydrogen-bond donors (Lipinski definition) is 2. The minimum Gasteiger partial charge on any atom is -0.339 e. The molecular formula is C26H36N7O2S+. The van der Waals surface area contributed by atoms with Gasteiger partial charge in [-0.05, 0) is 43.8 Å². The molecule has 0 radical (unpaired) electrons. The lowest BCUT2D eigenvalue weighted by Crippen LogP contribution is -2.43. The Bertz CT molecular complexity index is 1300. The Balaban J connectivity index is 1.48. The molecule has 192 valence electrons. The summed E-state index contributed by atoms with van der Waals surface area (Å²) in [5.74, 6) is 0.977. The minimum atomic E-state index is -3.61. The smallest absolute Gasteiger partial charge is 0.328 e. The van der Waals surface area contributed by atoms with E-state index in [1.165, 1.54) is 5.56 Å². The molecule has 1 fully saturated rings. The van der Waals surface area contributed by atoms with Crippen LogP contribution in [0, 0.1) is 6.92 Å². The molecule has 2 N–H and O–H groups in total. The van der Waals surface area contributed by atoms with Crippen molar-refractivity contribution in [2.45, 2.75) is 18.4 Å². The van der Waals surface area contributed by atoms with E-state index in [0.717, 1.165) is 44.0 Å². The number of aromatic nitrogens is 2. The summed E-state index contributed by atoms with van der Waals surface area (Å²) in [7, 11) is 3.48. The Hall–Kier alpha value is -3.05. The summed E-state index contributed by atoms with van der Waals surface area (Å²) >= 11 is 0. The average molecular weight is 511 g/mol. The van der Waals surface area contributed by atoms with E-state index in [-0.39, 0.29) is 8.78 Å². The van der Waals surface area contributed by atoms with E-state index in [0.29, 0.717) is 17.5 Å². The molecule has 1 aliphatic heterocycles. The van der Waals surface area contributed by atoms with Gasteiger partial charge in [0.2, 0.25) is 5.95 Å². The number of quaternary nitrogens is 1. The predicted octanol–water partition coefficient (Wildman–Crippen LogP) is 3.41. The molecular weight excluding hydrogens is 474 g/mol. The fourth-order valence-electron chi connectivity index (χ4n) is 3.93. The molecule has 3 aromatic rings. The first kappa shape index (κ1) is 26.0. The number of nitrogens with zero attached hydrogens (tertiary/aromatic N) is 5. The van der Waals surface area contributed by atoms with Crippen molar-refractivity contribution in [1.82, 2.24) is 19.8 Å². The molecule has 1 aromatic heterocycles. The molecule has 4 rings (SSSR count). The average Bonchev–Trinajstić information content (AvgIpc) is 2.83. The first-order valence-electron chi connectivity index (χ1n) is 12.1. The number of anilines is 4. The third kappa shape index (κ3) is 6.01. The second-order valence-corrected chi connectivity index (χ2v) is 12.6. The van der Waals surface area contributed by atoms with Crippen LogP contribution in [0.15, 0.2) is 59.6 Å². The maximum Gasteiger partial charge on any atom is 0.328 e. The van der Waals surface area contributed by atoms with Crippen molar-refractivity contribution >= 4 is 33.2 Å². The van der Waals surface area contributed by atoms with Crippen molar-refractivity contribution < 1.29 is 12.3 Å². The zero-order valence-corrected chi connectivity index (χ0v) is 22.5. The van der Waals surface area contributed by atoms with Crippen molar-refractivity contribution in [1.29, 1.82) is 0 Å². The zero-order chi connectivity index (χ0) is 25.9. The van der Waals surface area contributed by atoms with Crippen molar-refractivity contribution in [2.24, 2.45) is 0 Å². The molecule has 9 nitrogen and oxygen atoms in total. The highest BCUT2D eigenvalue weighted by Gasteiger charge is 2.32. The van der Waals surface area contributed by atoms with Crippen molar-refractivity contribution in [2.75, 3.05) is 65.0 Å². The standard InChI is InChI=1S/C26H36N7O2S/c1-20-18-27-26(28-22-12-10-21(11-13-22)19-32-16-14-31(2)15-17-32)30-25(20)29-23-8-6-7-9-24(23)36(34,35)33(3,4)5/h6-13,18H,14-17,19H2,1-5H3,(H2,27,28,29,30)/q+1. The number of nitrogens with one attached hydrogen (secondary N) is 2. The maximum absolute atomic E-state index is 13.1. The summed E-state index contributed by atoms with van der Waals surface area (Å²) in [6.45, 7) is 7.21. The molecule has 0 saturated carbocycles. The normalized spacial score (nSPS) is 15.6. The highest BCUT2D eigenvalue weighted by Crippen LogP contribution is 2.29. The van der Waals surface area contributed by atoms with Crippen molar-refractivity contribution in [3.63, 3.8) is 0 Å². The number of rotatable bonds is 8. The summed E-state index contributed by atoms with van der Waals surface area (Å²) in [5.41, 5.74) is 3.44. The van der Waals surface area contributed by atoms with Crippen molar-refractivity contribution in [3.05, 3.63) is 65.9 Å². The summed E-state index contributed by atoms with van der Waals surface area (Å²) in [6, 6.07) is 15.2. The second-order valence-electron chi connectivity index (χ2n) is 10.1. The number of hydrogen-bond acceptors (Lipinski definition) is 8. The van der Waals surface area contributed by atoms with Crippen molar-refractivity contribution in [3.8, 4) is 0 Å². The molecule has 0 aliphatic carbocycles. The highest BCUT2D eigenvalue weighted by atomic mass is 32.2. The Morgan fingerprint density at radius 3 is 2.28 bits per heavy atom. The number of likely N-dealkylation sites (N-methyl/N-ethyl adjacent to an activating group) is 1. The summed E-state index contributed by atoms with van der Waals surface area (Å²) in [6.07, 6.45) is 1.72. The molecule has 0 amide bonds. The summed E-state index contributed by atoms with van der Waals surface area (Å²) in [5, 5.41) is 6.47. The van der Waals surface area contributed by atoms with Gasteiger partial charge in [-0.15, -0.1) is 0 Å². The first-order chi connectivity index (χ1) is 17.0. The summed E-state index contributed by atoms with van der Waals surface area (Å²) < 4.78 is 26.0. The molecule has 0 spiro atoms. The third-order valence-electron chi connectivity index (χ3n) is 6.32. The van der Waals surface area contributed by atoms with E-state index >= 15 is 0 Å². The first-order valence-corrected chi connectivity index (χ1v) is 13.5. The lowest BCUT2D eigenvalue weighted by Gasteiger charge is -2.32. The number of aryl methyl sites for hydroxylation is 1. The Labute approximate surface area is 214 Å². The van der Waals surface area contributed by atoms with Crippen LogP contribution in [0.4, 0.5) is 23.1 Å². The number of benzene rings is 2. The van der Waals surface area contributed by atoms with E-state index in [4.69, 9.17) is 0 Å². The maximum atomic E-state index is 13.1. The van der Waals surface area contributed by atoms with E-state index < -0.39 is 10.0 Å². The molecule has 36 heavy (non-hydrogen) atoms. The van der Waals surface area contributed by atoms with Gasteiger partial charge < -0.3 is 15.5 Å². The minimum absolute atomic E-state index is 0.216. The number of sulfonamides is 1. The molecule has 0 unspecified atom stereocenters. The lowest BCUT2D eigenvalue weighted by atomic mass is 10.2. The van der Waals surface area contributed by atoms with Crippen LogP contribution >= 0.6 is 0 Å². The van der Waals surface area contributed by atoms with Gasteiger partial charge in [0.15, 0.2) is 0 Å². The van der Waals surface area contributed by atoms with Crippen LogP contribution in [0.1, 0.15) is 11.1 Å². The van der Waals surface area contributed by atoms with Gasteiger partial charge in [-0.2, -0.15) is 13.4 Å². The van der Waals surface area contributed by atoms with Crippen LogP contribution in [-0.2, 0) is 16.6 Å². The Morgan fingerprint density at radius 2 is 1.61 bits per heavy atom. The largest absolute Gasteiger partial charge is 0.339 e. The Kier molecular flexibility index (Phi) is 7.60. The van der Waals surface area contributed by atoms with Crippen LogP contribution in [0.3, 0.4) is 0 Å². The Morgan fingerprint density at radius 1 is 0.944 bits per heavy atom.